The molecule has 66 valence electrons. The molecule has 0 unspecified atom stereocenters. The van der Waals surface area contributed by atoms with Crippen molar-refractivity contribution < 1.29 is 9.53 Å². The molecule has 0 aromatic heterocycles. The molecule has 2 saturated carbocycles. The van der Waals surface area contributed by atoms with Crippen molar-refractivity contribution in [1.29, 1.82) is 0 Å². The average Bonchev–Trinajstić information content (AvgIpc) is 2.44. The second-order valence-corrected chi connectivity index (χ2v) is 4.63. The maximum absolute atomic E-state index is 11.2. The van der Waals surface area contributed by atoms with Gasteiger partial charge in [-0.05, 0) is 38.5 Å². The van der Waals surface area contributed by atoms with Crippen LogP contribution in [0.2, 0.25) is 0 Å². The van der Waals surface area contributed by atoms with Crippen molar-refractivity contribution in [3.05, 3.63) is 0 Å². The molecule has 1 aliphatic heterocycles. The third-order valence-electron chi connectivity index (χ3n) is 4.23. The number of rotatable bonds is 0. The summed E-state index contributed by atoms with van der Waals surface area (Å²) in [5.41, 5.74) is 0.314. The summed E-state index contributed by atoms with van der Waals surface area (Å²) < 4.78 is 5.55. The van der Waals surface area contributed by atoms with E-state index in [1.165, 1.54) is 25.7 Å². The molecule has 0 bridgehead atoms. The van der Waals surface area contributed by atoms with Crippen molar-refractivity contribution in [2.24, 2.45) is 5.41 Å². The number of hydrogen-bond donors (Lipinski definition) is 0. The Morgan fingerprint density at radius 1 is 1.08 bits per heavy atom. The van der Waals surface area contributed by atoms with Gasteiger partial charge in [-0.1, -0.05) is 0 Å². The second-order valence-electron chi connectivity index (χ2n) is 4.63. The van der Waals surface area contributed by atoms with Crippen LogP contribution in [0.25, 0.3) is 0 Å². The van der Waals surface area contributed by atoms with Crippen LogP contribution >= 0.6 is 0 Å². The van der Waals surface area contributed by atoms with Crippen molar-refractivity contribution in [2.75, 3.05) is 0 Å². The SMILES string of the molecule is O=C1CC23CCCC2(CCC3)O1. The van der Waals surface area contributed by atoms with Crippen LogP contribution in [0.1, 0.15) is 44.9 Å². The number of hydrogen-bond acceptors (Lipinski definition) is 2. The molecule has 3 rings (SSSR count). The smallest absolute Gasteiger partial charge is 0.307 e. The lowest BCUT2D eigenvalue weighted by molar-refractivity contribution is -0.149. The predicted octanol–water partition coefficient (Wildman–Crippen LogP) is 2.03. The van der Waals surface area contributed by atoms with Crippen LogP contribution in [-0.2, 0) is 9.53 Å². The molecule has 0 aromatic rings. The van der Waals surface area contributed by atoms with Gasteiger partial charge in [0.15, 0.2) is 0 Å². The predicted molar refractivity (Wildman–Crippen MR) is 43.6 cm³/mol. The molecule has 0 spiro atoms. The highest BCUT2D eigenvalue weighted by atomic mass is 16.6. The number of ether oxygens (including phenoxy) is 1. The number of esters is 1. The molecule has 0 amide bonds. The van der Waals surface area contributed by atoms with Gasteiger partial charge in [-0.3, -0.25) is 4.79 Å². The van der Waals surface area contributed by atoms with E-state index in [0.717, 1.165) is 12.8 Å². The van der Waals surface area contributed by atoms with Gasteiger partial charge < -0.3 is 4.74 Å². The molecular weight excluding hydrogens is 152 g/mol. The fraction of sp³-hybridized carbons (Fsp3) is 0.900. The Labute approximate surface area is 72.3 Å². The number of carbonyl (C=O) groups excluding carboxylic acids is 1. The lowest BCUT2D eigenvalue weighted by Crippen LogP contribution is -2.34. The largest absolute Gasteiger partial charge is 0.458 e. The lowest BCUT2D eigenvalue weighted by atomic mass is 9.76. The Hall–Kier alpha value is -0.530. The number of carbonyl (C=O) groups is 1. The molecule has 1 heterocycles. The van der Waals surface area contributed by atoms with Gasteiger partial charge in [0.1, 0.15) is 5.60 Å². The van der Waals surface area contributed by atoms with Crippen LogP contribution in [0, 0.1) is 5.41 Å². The minimum Gasteiger partial charge on any atom is -0.458 e. The van der Waals surface area contributed by atoms with Crippen molar-refractivity contribution in [3.63, 3.8) is 0 Å². The van der Waals surface area contributed by atoms with Crippen molar-refractivity contribution >= 4 is 5.97 Å². The van der Waals surface area contributed by atoms with Crippen LogP contribution in [-0.4, -0.2) is 11.6 Å². The highest BCUT2D eigenvalue weighted by molar-refractivity contribution is 5.74. The summed E-state index contributed by atoms with van der Waals surface area (Å²) in [4.78, 5) is 11.2. The zero-order valence-electron chi connectivity index (χ0n) is 7.27. The van der Waals surface area contributed by atoms with Crippen molar-refractivity contribution in [1.82, 2.24) is 0 Å². The summed E-state index contributed by atoms with van der Waals surface area (Å²) in [5, 5.41) is 0. The molecule has 2 heteroatoms. The van der Waals surface area contributed by atoms with Crippen LogP contribution in [0.4, 0.5) is 0 Å². The zero-order valence-corrected chi connectivity index (χ0v) is 7.27. The van der Waals surface area contributed by atoms with Crippen molar-refractivity contribution in [2.45, 2.75) is 50.5 Å². The van der Waals surface area contributed by atoms with Gasteiger partial charge in [-0.2, -0.15) is 0 Å². The molecule has 0 radical (unpaired) electrons. The molecule has 12 heavy (non-hydrogen) atoms. The summed E-state index contributed by atoms with van der Waals surface area (Å²) in [6.45, 7) is 0. The molecule has 2 nitrogen and oxygen atoms in total. The van der Waals surface area contributed by atoms with E-state index < -0.39 is 0 Å². The zero-order chi connectivity index (χ0) is 8.23. The van der Waals surface area contributed by atoms with Gasteiger partial charge in [0, 0.05) is 5.41 Å². The van der Waals surface area contributed by atoms with E-state index in [1.54, 1.807) is 0 Å². The summed E-state index contributed by atoms with van der Waals surface area (Å²) in [5.74, 6) is 0.0643. The van der Waals surface area contributed by atoms with E-state index in [9.17, 15) is 4.79 Å². The van der Waals surface area contributed by atoms with Gasteiger partial charge in [-0.25, -0.2) is 0 Å². The maximum Gasteiger partial charge on any atom is 0.307 e. The summed E-state index contributed by atoms with van der Waals surface area (Å²) in [6.07, 6.45) is 8.00. The van der Waals surface area contributed by atoms with Gasteiger partial charge in [0.05, 0.1) is 6.42 Å². The Morgan fingerprint density at radius 3 is 2.33 bits per heavy atom. The Kier molecular flexibility index (Phi) is 1.07. The minimum absolute atomic E-state index is 0.0179. The molecular formula is C10H14O2. The molecule has 1 saturated heterocycles. The molecule has 3 aliphatic rings. The maximum atomic E-state index is 11.2. The summed E-state index contributed by atoms with van der Waals surface area (Å²) in [6, 6.07) is 0. The van der Waals surface area contributed by atoms with Crippen LogP contribution < -0.4 is 0 Å². The van der Waals surface area contributed by atoms with E-state index >= 15 is 0 Å². The third kappa shape index (κ3) is 0.572. The van der Waals surface area contributed by atoms with Gasteiger partial charge in [-0.15, -0.1) is 0 Å². The van der Waals surface area contributed by atoms with Crippen LogP contribution in [0.3, 0.4) is 0 Å². The van der Waals surface area contributed by atoms with Crippen LogP contribution in [0.5, 0.6) is 0 Å². The third-order valence-corrected chi connectivity index (χ3v) is 4.23. The Morgan fingerprint density at radius 2 is 1.75 bits per heavy atom. The fourth-order valence-corrected chi connectivity index (χ4v) is 3.74. The van der Waals surface area contributed by atoms with E-state index in [0.29, 0.717) is 11.8 Å². The first kappa shape index (κ1) is 6.93. The summed E-state index contributed by atoms with van der Waals surface area (Å²) >= 11 is 0. The topological polar surface area (TPSA) is 26.3 Å². The standard InChI is InChI=1S/C10H14O2/c11-8-7-9-3-1-5-10(9,12-8)6-2-4-9/h1-7H2. The van der Waals surface area contributed by atoms with E-state index in [2.05, 4.69) is 0 Å². The first-order chi connectivity index (χ1) is 5.77. The highest BCUT2D eigenvalue weighted by Crippen LogP contribution is 2.64. The normalized spacial score (nSPS) is 50.5. The van der Waals surface area contributed by atoms with Gasteiger partial charge in [0.2, 0.25) is 0 Å². The molecule has 3 fully saturated rings. The second kappa shape index (κ2) is 1.86. The van der Waals surface area contributed by atoms with E-state index in [4.69, 9.17) is 4.74 Å². The van der Waals surface area contributed by atoms with Gasteiger partial charge >= 0.3 is 5.97 Å². The van der Waals surface area contributed by atoms with Crippen LogP contribution in [0.15, 0.2) is 0 Å². The molecule has 0 N–H and O–H groups in total. The average molecular weight is 166 g/mol. The molecule has 0 aromatic carbocycles. The Bertz CT molecular complexity index is 212. The monoisotopic (exact) mass is 166 g/mol. The molecule has 0 atom stereocenters. The molecule has 2 aliphatic carbocycles. The van der Waals surface area contributed by atoms with E-state index in [1.807, 2.05) is 0 Å². The lowest BCUT2D eigenvalue weighted by Gasteiger charge is -2.30. The fourth-order valence-electron chi connectivity index (χ4n) is 3.74. The first-order valence-corrected chi connectivity index (χ1v) is 4.98. The minimum atomic E-state index is 0.0179. The van der Waals surface area contributed by atoms with Gasteiger partial charge in [0.25, 0.3) is 0 Å². The first-order valence-electron chi connectivity index (χ1n) is 4.98. The highest BCUT2D eigenvalue weighted by Gasteiger charge is 2.65. The summed E-state index contributed by atoms with van der Waals surface area (Å²) in [7, 11) is 0. The van der Waals surface area contributed by atoms with E-state index in [-0.39, 0.29) is 11.6 Å². The Balaban J connectivity index is 2.07. The quantitative estimate of drug-likeness (QED) is 0.515. The van der Waals surface area contributed by atoms with Crippen molar-refractivity contribution in [3.8, 4) is 0 Å².